The molecule has 0 unspecified atom stereocenters. The third-order valence-corrected chi connectivity index (χ3v) is 4.96. The Morgan fingerprint density at radius 3 is 2.70 bits per heavy atom. The van der Waals surface area contributed by atoms with Crippen molar-refractivity contribution in [1.29, 1.82) is 0 Å². The number of hydrogen-bond donors (Lipinski definition) is 0. The third-order valence-electron chi connectivity index (χ3n) is 4.96. The molecular weight excluding hydrogens is 340 g/mol. The highest BCUT2D eigenvalue weighted by molar-refractivity contribution is 5.91. The number of amides is 1. The second kappa shape index (κ2) is 8.27. The highest BCUT2D eigenvalue weighted by atomic mass is 16.7. The van der Waals surface area contributed by atoms with Crippen LogP contribution < -0.4 is 9.47 Å². The summed E-state index contributed by atoms with van der Waals surface area (Å²) in [4.78, 5) is 16.9. The van der Waals surface area contributed by atoms with Crippen molar-refractivity contribution in [3.63, 3.8) is 0 Å². The molecule has 5 heteroatoms. The number of nitrogens with zero attached hydrogens (tertiary/aromatic N) is 2. The SMILES string of the molecule is O=C(/C=C/c1ccc2c(c1)OCO2)N1CCCN(Cc2ccccc2)CC1. The molecule has 0 aromatic heterocycles. The van der Waals surface area contributed by atoms with Crippen LogP contribution in [-0.2, 0) is 11.3 Å². The molecule has 0 bridgehead atoms. The number of benzene rings is 2. The first kappa shape index (κ1) is 17.6. The van der Waals surface area contributed by atoms with E-state index in [4.69, 9.17) is 9.47 Å². The van der Waals surface area contributed by atoms with Crippen LogP contribution in [0.15, 0.2) is 54.6 Å². The van der Waals surface area contributed by atoms with Crippen LogP contribution in [0.5, 0.6) is 11.5 Å². The lowest BCUT2D eigenvalue weighted by atomic mass is 10.2. The molecule has 140 valence electrons. The van der Waals surface area contributed by atoms with Crippen LogP contribution in [-0.4, -0.2) is 48.7 Å². The van der Waals surface area contributed by atoms with Crippen molar-refractivity contribution in [3.8, 4) is 11.5 Å². The summed E-state index contributed by atoms with van der Waals surface area (Å²) in [6.45, 7) is 4.68. The number of rotatable bonds is 4. The molecule has 0 N–H and O–H groups in total. The van der Waals surface area contributed by atoms with Crippen molar-refractivity contribution < 1.29 is 14.3 Å². The van der Waals surface area contributed by atoms with E-state index in [0.29, 0.717) is 0 Å². The molecule has 2 aliphatic heterocycles. The maximum Gasteiger partial charge on any atom is 0.246 e. The molecule has 2 heterocycles. The first-order valence-corrected chi connectivity index (χ1v) is 9.41. The van der Waals surface area contributed by atoms with Crippen LogP contribution in [0.3, 0.4) is 0 Å². The van der Waals surface area contributed by atoms with E-state index in [1.54, 1.807) is 6.08 Å². The van der Waals surface area contributed by atoms with Gasteiger partial charge in [0.2, 0.25) is 12.7 Å². The molecule has 27 heavy (non-hydrogen) atoms. The summed E-state index contributed by atoms with van der Waals surface area (Å²) < 4.78 is 10.7. The topological polar surface area (TPSA) is 42.0 Å². The lowest BCUT2D eigenvalue weighted by molar-refractivity contribution is -0.125. The minimum atomic E-state index is 0.0641. The maximum atomic E-state index is 12.6. The van der Waals surface area contributed by atoms with E-state index in [2.05, 4.69) is 29.2 Å². The predicted octanol–water partition coefficient (Wildman–Crippen LogP) is 3.16. The molecule has 2 aliphatic rings. The number of carbonyl (C=O) groups is 1. The lowest BCUT2D eigenvalue weighted by Gasteiger charge is -2.21. The predicted molar refractivity (Wildman–Crippen MR) is 105 cm³/mol. The normalized spacial score (nSPS) is 17.3. The Morgan fingerprint density at radius 2 is 1.81 bits per heavy atom. The van der Waals surface area contributed by atoms with Crippen molar-refractivity contribution >= 4 is 12.0 Å². The number of fused-ring (bicyclic) bond motifs is 1. The zero-order chi connectivity index (χ0) is 18.5. The average Bonchev–Trinajstić information content (AvgIpc) is 3.04. The van der Waals surface area contributed by atoms with Crippen molar-refractivity contribution in [2.24, 2.45) is 0 Å². The van der Waals surface area contributed by atoms with Crippen LogP contribution in [0, 0.1) is 0 Å². The van der Waals surface area contributed by atoms with Gasteiger partial charge in [-0.3, -0.25) is 9.69 Å². The lowest BCUT2D eigenvalue weighted by Crippen LogP contribution is -2.34. The molecule has 2 aromatic rings. The molecule has 0 atom stereocenters. The van der Waals surface area contributed by atoms with Crippen molar-refractivity contribution in [2.45, 2.75) is 13.0 Å². The van der Waals surface area contributed by atoms with Gasteiger partial charge in [0.25, 0.3) is 0 Å². The molecule has 2 aromatic carbocycles. The fourth-order valence-corrected chi connectivity index (χ4v) is 3.48. The van der Waals surface area contributed by atoms with Crippen LogP contribution in [0.25, 0.3) is 6.08 Å². The Bertz CT molecular complexity index is 820. The smallest absolute Gasteiger partial charge is 0.246 e. The second-order valence-electron chi connectivity index (χ2n) is 6.89. The van der Waals surface area contributed by atoms with Crippen LogP contribution in [0.1, 0.15) is 17.5 Å². The first-order chi connectivity index (χ1) is 13.3. The van der Waals surface area contributed by atoms with Gasteiger partial charge in [-0.15, -0.1) is 0 Å². The first-order valence-electron chi connectivity index (χ1n) is 9.41. The summed E-state index contributed by atoms with van der Waals surface area (Å²) >= 11 is 0. The summed E-state index contributed by atoms with van der Waals surface area (Å²) in [5.41, 5.74) is 2.26. The molecular formula is C22H24N2O3. The van der Waals surface area contributed by atoms with Crippen molar-refractivity contribution in [1.82, 2.24) is 9.80 Å². The number of ether oxygens (including phenoxy) is 2. The highest BCUT2D eigenvalue weighted by Gasteiger charge is 2.18. The number of carbonyl (C=O) groups excluding carboxylic acids is 1. The fourth-order valence-electron chi connectivity index (χ4n) is 3.48. The zero-order valence-electron chi connectivity index (χ0n) is 15.3. The standard InChI is InChI=1S/C22H24N2O3/c25-22(10-8-18-7-9-20-21(15-18)27-17-26-20)24-12-4-11-23(13-14-24)16-19-5-2-1-3-6-19/h1-3,5-10,15H,4,11-14,16-17H2/b10-8+. The van der Waals surface area contributed by atoms with Crippen LogP contribution in [0.2, 0.25) is 0 Å². The van der Waals surface area contributed by atoms with E-state index in [9.17, 15) is 4.79 Å². The second-order valence-corrected chi connectivity index (χ2v) is 6.89. The van der Waals surface area contributed by atoms with Crippen molar-refractivity contribution in [3.05, 3.63) is 65.7 Å². The molecule has 0 radical (unpaired) electrons. The Labute approximate surface area is 159 Å². The molecule has 0 spiro atoms. The molecule has 4 rings (SSSR count). The van der Waals surface area contributed by atoms with Gasteiger partial charge in [0.1, 0.15) is 0 Å². The van der Waals surface area contributed by atoms with Gasteiger partial charge < -0.3 is 14.4 Å². The van der Waals surface area contributed by atoms with Gasteiger partial charge in [-0.2, -0.15) is 0 Å². The van der Waals surface area contributed by atoms with E-state index in [1.807, 2.05) is 35.2 Å². The van der Waals surface area contributed by atoms with Gasteiger partial charge in [-0.1, -0.05) is 36.4 Å². The average molecular weight is 364 g/mol. The Balaban J connectivity index is 1.32. The Hall–Kier alpha value is -2.79. The quantitative estimate of drug-likeness (QED) is 0.782. The molecule has 1 fully saturated rings. The Morgan fingerprint density at radius 1 is 0.963 bits per heavy atom. The summed E-state index contributed by atoms with van der Waals surface area (Å²) in [6, 6.07) is 16.2. The van der Waals surface area contributed by atoms with Gasteiger partial charge in [0.15, 0.2) is 11.5 Å². The van der Waals surface area contributed by atoms with Gasteiger partial charge >= 0.3 is 0 Å². The minimum Gasteiger partial charge on any atom is -0.454 e. The van der Waals surface area contributed by atoms with Crippen molar-refractivity contribution in [2.75, 3.05) is 33.0 Å². The highest BCUT2D eigenvalue weighted by Crippen LogP contribution is 2.32. The van der Waals surface area contributed by atoms with E-state index in [-0.39, 0.29) is 12.7 Å². The van der Waals surface area contributed by atoms with Gasteiger partial charge in [0, 0.05) is 38.8 Å². The van der Waals surface area contributed by atoms with E-state index >= 15 is 0 Å². The Kier molecular flexibility index (Phi) is 5.39. The maximum absolute atomic E-state index is 12.6. The molecule has 1 saturated heterocycles. The summed E-state index contributed by atoms with van der Waals surface area (Å²) in [5, 5.41) is 0. The fraction of sp³-hybridized carbons (Fsp3) is 0.318. The zero-order valence-corrected chi connectivity index (χ0v) is 15.3. The third kappa shape index (κ3) is 4.49. The molecule has 0 saturated carbocycles. The minimum absolute atomic E-state index is 0.0641. The van der Waals surface area contributed by atoms with Crippen LogP contribution >= 0.6 is 0 Å². The molecule has 5 nitrogen and oxygen atoms in total. The summed E-state index contributed by atoms with van der Waals surface area (Å²) in [7, 11) is 0. The number of hydrogen-bond acceptors (Lipinski definition) is 4. The van der Waals surface area contributed by atoms with Gasteiger partial charge in [-0.25, -0.2) is 0 Å². The van der Waals surface area contributed by atoms with E-state index in [1.165, 1.54) is 5.56 Å². The summed E-state index contributed by atoms with van der Waals surface area (Å²) in [5.74, 6) is 1.55. The molecule has 1 amide bonds. The van der Waals surface area contributed by atoms with Gasteiger partial charge in [0.05, 0.1) is 0 Å². The monoisotopic (exact) mass is 364 g/mol. The van der Waals surface area contributed by atoms with Crippen LogP contribution in [0.4, 0.5) is 0 Å². The van der Waals surface area contributed by atoms with E-state index < -0.39 is 0 Å². The molecule has 0 aliphatic carbocycles. The largest absolute Gasteiger partial charge is 0.454 e. The van der Waals surface area contributed by atoms with E-state index in [0.717, 1.165) is 56.2 Å². The summed E-state index contributed by atoms with van der Waals surface area (Å²) in [6.07, 6.45) is 4.50. The van der Waals surface area contributed by atoms with Gasteiger partial charge in [-0.05, 0) is 35.8 Å².